The minimum Gasteiger partial charge on any atom is -0.461 e. The van der Waals surface area contributed by atoms with E-state index in [1.807, 2.05) is 0 Å². The molecule has 2 aromatic rings. The van der Waals surface area contributed by atoms with Gasteiger partial charge in [0.1, 0.15) is 12.0 Å². The van der Waals surface area contributed by atoms with Gasteiger partial charge in [0.2, 0.25) is 0 Å². The lowest BCUT2D eigenvalue weighted by Crippen LogP contribution is -2.37. The van der Waals surface area contributed by atoms with Crippen molar-refractivity contribution in [3.05, 3.63) is 71.8 Å². The van der Waals surface area contributed by atoms with Crippen molar-refractivity contribution in [1.82, 2.24) is 0 Å². The molecular weight excluding hydrogens is 371 g/mol. The standard InChI is InChI=1S/C20H19FO5S/c1-24-20-16(21)17(26-19(23)14-10-6-3-7-11-14)15(27-20)12-25-18(22)13-8-4-2-5-9-13/h2-11,15-17,20H,12H2,1H3/t15-,16+,17-,20-/m1/s1. The lowest BCUT2D eigenvalue weighted by molar-refractivity contribution is -0.0175. The van der Waals surface area contributed by atoms with Gasteiger partial charge in [-0.3, -0.25) is 0 Å². The Bertz CT molecular complexity index is 770. The molecule has 5 nitrogen and oxygen atoms in total. The van der Waals surface area contributed by atoms with Crippen LogP contribution in [0.5, 0.6) is 0 Å². The van der Waals surface area contributed by atoms with Crippen molar-refractivity contribution in [2.75, 3.05) is 13.7 Å². The predicted octanol–water partition coefficient (Wildman–Crippen LogP) is 3.50. The van der Waals surface area contributed by atoms with Gasteiger partial charge >= 0.3 is 11.9 Å². The fraction of sp³-hybridized carbons (Fsp3) is 0.300. The topological polar surface area (TPSA) is 61.8 Å². The molecular formula is C20H19FO5S. The van der Waals surface area contributed by atoms with Crippen molar-refractivity contribution in [3.8, 4) is 0 Å². The van der Waals surface area contributed by atoms with Crippen LogP contribution in [0.15, 0.2) is 60.7 Å². The van der Waals surface area contributed by atoms with E-state index in [2.05, 4.69) is 0 Å². The molecule has 0 bridgehead atoms. The summed E-state index contributed by atoms with van der Waals surface area (Å²) in [4.78, 5) is 24.4. The zero-order valence-electron chi connectivity index (χ0n) is 14.6. The lowest BCUT2D eigenvalue weighted by atomic mass is 10.1. The van der Waals surface area contributed by atoms with E-state index in [9.17, 15) is 14.0 Å². The molecule has 0 radical (unpaired) electrons. The first-order valence-electron chi connectivity index (χ1n) is 8.40. The molecule has 3 rings (SSSR count). The van der Waals surface area contributed by atoms with Gasteiger partial charge in [-0.05, 0) is 24.3 Å². The molecule has 1 aliphatic rings. The number of halogens is 1. The minimum atomic E-state index is -1.52. The van der Waals surface area contributed by atoms with Gasteiger partial charge in [0.15, 0.2) is 12.3 Å². The highest BCUT2D eigenvalue weighted by molar-refractivity contribution is 8.00. The Kier molecular flexibility index (Phi) is 6.47. The summed E-state index contributed by atoms with van der Waals surface area (Å²) in [5, 5.41) is -0.565. The smallest absolute Gasteiger partial charge is 0.338 e. The molecule has 0 saturated carbocycles. The summed E-state index contributed by atoms with van der Waals surface area (Å²) >= 11 is 1.15. The summed E-state index contributed by atoms with van der Waals surface area (Å²) in [5.41, 5.74) is -0.0620. The van der Waals surface area contributed by atoms with Gasteiger partial charge < -0.3 is 14.2 Å². The Labute approximate surface area is 160 Å². The lowest BCUT2D eigenvalue weighted by Gasteiger charge is -2.20. The number of carbonyl (C=O) groups is 2. The number of esters is 2. The third kappa shape index (κ3) is 4.67. The van der Waals surface area contributed by atoms with E-state index >= 15 is 0 Å². The molecule has 0 aliphatic carbocycles. The van der Waals surface area contributed by atoms with Crippen molar-refractivity contribution in [2.24, 2.45) is 0 Å². The van der Waals surface area contributed by atoms with Gasteiger partial charge in [0.05, 0.1) is 16.4 Å². The Balaban J connectivity index is 1.66. The predicted molar refractivity (Wildman–Crippen MR) is 99.4 cm³/mol. The maximum atomic E-state index is 14.7. The van der Waals surface area contributed by atoms with Crippen LogP contribution in [0.2, 0.25) is 0 Å². The van der Waals surface area contributed by atoms with Crippen molar-refractivity contribution in [2.45, 2.75) is 23.0 Å². The van der Waals surface area contributed by atoms with Crippen LogP contribution in [0, 0.1) is 0 Å². The highest BCUT2D eigenvalue weighted by Gasteiger charge is 2.48. The number of alkyl halides is 1. The fourth-order valence-electron chi connectivity index (χ4n) is 2.73. The van der Waals surface area contributed by atoms with E-state index in [0.29, 0.717) is 11.1 Å². The van der Waals surface area contributed by atoms with E-state index in [1.165, 1.54) is 7.11 Å². The van der Waals surface area contributed by atoms with Gasteiger partial charge in [-0.2, -0.15) is 0 Å². The molecule has 0 aromatic heterocycles. The number of thioether (sulfide) groups is 1. The average Bonchev–Trinajstić information content (AvgIpc) is 3.02. The molecule has 1 fully saturated rings. The molecule has 7 heteroatoms. The van der Waals surface area contributed by atoms with E-state index in [-0.39, 0.29) is 6.61 Å². The molecule has 0 spiro atoms. The van der Waals surface area contributed by atoms with E-state index in [0.717, 1.165) is 11.8 Å². The Morgan fingerprint density at radius 1 is 0.963 bits per heavy atom. The minimum absolute atomic E-state index is 0.0919. The molecule has 1 heterocycles. The third-order valence-electron chi connectivity index (χ3n) is 4.12. The Hall–Kier alpha value is -2.38. The van der Waals surface area contributed by atoms with Crippen LogP contribution < -0.4 is 0 Å². The van der Waals surface area contributed by atoms with Crippen molar-refractivity contribution in [1.29, 1.82) is 0 Å². The van der Waals surface area contributed by atoms with E-state index in [1.54, 1.807) is 60.7 Å². The van der Waals surface area contributed by atoms with Gasteiger partial charge in [-0.15, -0.1) is 11.8 Å². The van der Waals surface area contributed by atoms with Crippen molar-refractivity contribution >= 4 is 23.7 Å². The number of ether oxygens (including phenoxy) is 3. The van der Waals surface area contributed by atoms with Crippen LogP contribution in [0.3, 0.4) is 0 Å². The van der Waals surface area contributed by atoms with Crippen LogP contribution in [0.25, 0.3) is 0 Å². The molecule has 1 aliphatic heterocycles. The van der Waals surface area contributed by atoms with Crippen LogP contribution in [0.1, 0.15) is 20.7 Å². The summed E-state index contributed by atoms with van der Waals surface area (Å²) in [6, 6.07) is 16.9. The SMILES string of the molecule is CO[C@@H]1S[C@H](COC(=O)c2ccccc2)[C@@H](OC(=O)c2ccccc2)[C@@H]1F. The van der Waals surface area contributed by atoms with Gasteiger partial charge in [-0.25, -0.2) is 14.0 Å². The number of benzene rings is 2. The van der Waals surface area contributed by atoms with Crippen molar-refractivity contribution < 1.29 is 28.2 Å². The molecule has 2 aromatic carbocycles. The average molecular weight is 390 g/mol. The third-order valence-corrected chi connectivity index (χ3v) is 5.60. The van der Waals surface area contributed by atoms with E-state index in [4.69, 9.17) is 14.2 Å². The van der Waals surface area contributed by atoms with Crippen LogP contribution in [0.4, 0.5) is 4.39 Å². The highest BCUT2D eigenvalue weighted by Crippen LogP contribution is 2.39. The summed E-state index contributed by atoms with van der Waals surface area (Å²) < 4.78 is 30.5. The molecule has 0 unspecified atom stereocenters. The quantitative estimate of drug-likeness (QED) is 0.704. The second kappa shape index (κ2) is 9.01. The number of methoxy groups -OCH3 is 1. The Morgan fingerprint density at radius 3 is 2.07 bits per heavy atom. The first kappa shape index (κ1) is 19.4. The highest BCUT2D eigenvalue weighted by atomic mass is 32.2. The number of hydrogen-bond donors (Lipinski definition) is 0. The molecule has 27 heavy (non-hydrogen) atoms. The first-order chi connectivity index (χ1) is 13.1. The Morgan fingerprint density at radius 2 is 1.52 bits per heavy atom. The van der Waals surface area contributed by atoms with Gasteiger partial charge in [0, 0.05) is 7.11 Å². The molecule has 142 valence electrons. The maximum absolute atomic E-state index is 14.7. The maximum Gasteiger partial charge on any atom is 0.338 e. The normalized spacial score (nSPS) is 24.4. The van der Waals surface area contributed by atoms with Gasteiger partial charge in [-0.1, -0.05) is 36.4 Å². The number of hydrogen-bond acceptors (Lipinski definition) is 6. The monoisotopic (exact) mass is 390 g/mol. The number of carbonyl (C=O) groups excluding carboxylic acids is 2. The molecule has 0 amide bonds. The largest absolute Gasteiger partial charge is 0.461 e. The summed E-state index contributed by atoms with van der Waals surface area (Å²) in [5.74, 6) is -1.14. The summed E-state index contributed by atoms with van der Waals surface area (Å²) in [6.07, 6.45) is -2.59. The summed E-state index contributed by atoms with van der Waals surface area (Å²) in [6.45, 7) is -0.0919. The number of rotatable bonds is 6. The zero-order chi connectivity index (χ0) is 19.2. The second-order valence-corrected chi connectivity index (χ2v) is 7.27. The summed E-state index contributed by atoms with van der Waals surface area (Å²) in [7, 11) is 1.39. The zero-order valence-corrected chi connectivity index (χ0v) is 15.4. The molecule has 1 saturated heterocycles. The first-order valence-corrected chi connectivity index (χ1v) is 9.35. The van der Waals surface area contributed by atoms with Crippen LogP contribution in [-0.2, 0) is 14.2 Å². The van der Waals surface area contributed by atoms with Gasteiger partial charge in [0.25, 0.3) is 0 Å². The van der Waals surface area contributed by atoms with E-state index < -0.39 is 34.9 Å². The van der Waals surface area contributed by atoms with Crippen molar-refractivity contribution in [3.63, 3.8) is 0 Å². The molecule has 4 atom stereocenters. The van der Waals surface area contributed by atoms with Crippen LogP contribution >= 0.6 is 11.8 Å². The second-order valence-electron chi connectivity index (χ2n) is 5.92. The molecule has 0 N–H and O–H groups in total. The van der Waals surface area contributed by atoms with Crippen LogP contribution in [-0.4, -0.2) is 48.6 Å². The fourth-order valence-corrected chi connectivity index (χ4v) is 3.99.